The number of carbonyl (C=O) groups is 1. The fourth-order valence-electron chi connectivity index (χ4n) is 2.42. The molecule has 21 heavy (non-hydrogen) atoms. The smallest absolute Gasteiger partial charge is 0.233 e. The lowest BCUT2D eigenvalue weighted by molar-refractivity contribution is -0.133. The topological polar surface area (TPSA) is 58.6 Å². The summed E-state index contributed by atoms with van der Waals surface area (Å²) in [6.07, 6.45) is 3.44. The molecule has 1 aromatic heterocycles. The number of hydrogen-bond donors (Lipinski definition) is 0. The van der Waals surface area contributed by atoms with Gasteiger partial charge in [-0.3, -0.25) is 4.79 Å². The van der Waals surface area contributed by atoms with Crippen molar-refractivity contribution in [3.63, 3.8) is 0 Å². The molecule has 0 aromatic carbocycles. The molecule has 2 heterocycles. The number of amides is 1. The highest BCUT2D eigenvalue weighted by molar-refractivity contribution is 5.76. The van der Waals surface area contributed by atoms with Crippen molar-refractivity contribution in [1.82, 2.24) is 15.1 Å². The summed E-state index contributed by atoms with van der Waals surface area (Å²) >= 11 is 0. The van der Waals surface area contributed by atoms with E-state index in [9.17, 15) is 4.79 Å². The molecule has 0 radical (unpaired) electrons. The fourth-order valence-corrected chi connectivity index (χ4v) is 2.42. The summed E-state index contributed by atoms with van der Waals surface area (Å²) in [5.41, 5.74) is 0. The van der Waals surface area contributed by atoms with Crippen molar-refractivity contribution in [3.8, 4) is 5.88 Å². The van der Waals surface area contributed by atoms with Gasteiger partial charge in [-0.25, -0.2) is 0 Å². The van der Waals surface area contributed by atoms with Crippen LogP contribution in [0.25, 0.3) is 0 Å². The number of rotatable bonds is 5. The highest BCUT2D eigenvalue weighted by atomic mass is 16.5. The zero-order chi connectivity index (χ0) is 15.2. The Morgan fingerprint density at radius 2 is 2.24 bits per heavy atom. The molecule has 116 valence electrons. The van der Waals surface area contributed by atoms with Gasteiger partial charge in [0.25, 0.3) is 0 Å². The summed E-state index contributed by atoms with van der Waals surface area (Å²) in [6.45, 7) is 3.51. The molecule has 0 bridgehead atoms. The maximum absolute atomic E-state index is 12.0. The Bertz CT molecular complexity index is 461. The van der Waals surface area contributed by atoms with Gasteiger partial charge in [0.05, 0.1) is 6.54 Å². The Balaban J connectivity index is 1.91. The maximum atomic E-state index is 12.0. The second kappa shape index (κ2) is 7.24. The minimum Gasteiger partial charge on any atom is -0.471 e. The van der Waals surface area contributed by atoms with E-state index >= 15 is 0 Å². The van der Waals surface area contributed by atoms with Crippen LogP contribution in [0.5, 0.6) is 5.88 Å². The number of likely N-dealkylation sites (tertiary alicyclic amines) is 1. The van der Waals surface area contributed by atoms with E-state index in [2.05, 4.69) is 10.2 Å². The van der Waals surface area contributed by atoms with Crippen LogP contribution >= 0.6 is 0 Å². The van der Waals surface area contributed by atoms with Crippen LogP contribution in [0.3, 0.4) is 0 Å². The summed E-state index contributed by atoms with van der Waals surface area (Å²) < 4.78 is 5.86. The Hall–Kier alpha value is -1.85. The molecule has 1 aliphatic heterocycles. The molecular formula is C15H24N4O2. The Kier molecular flexibility index (Phi) is 5.36. The van der Waals surface area contributed by atoms with Crippen LogP contribution in [0.1, 0.15) is 32.6 Å². The molecule has 1 aromatic rings. The Morgan fingerprint density at radius 3 is 2.86 bits per heavy atom. The molecular weight excluding hydrogens is 268 g/mol. The van der Waals surface area contributed by atoms with Crippen LogP contribution in [0.4, 0.5) is 5.82 Å². The van der Waals surface area contributed by atoms with Crippen LogP contribution in [0, 0.1) is 0 Å². The van der Waals surface area contributed by atoms with Crippen LogP contribution in [0.15, 0.2) is 12.1 Å². The number of hydrogen-bond acceptors (Lipinski definition) is 5. The number of aromatic nitrogens is 2. The third-order valence-electron chi connectivity index (χ3n) is 3.57. The van der Waals surface area contributed by atoms with E-state index in [1.54, 1.807) is 0 Å². The minimum atomic E-state index is 0.0130. The van der Waals surface area contributed by atoms with Gasteiger partial charge >= 0.3 is 0 Å². The van der Waals surface area contributed by atoms with Gasteiger partial charge < -0.3 is 14.5 Å². The molecule has 0 aliphatic carbocycles. The van der Waals surface area contributed by atoms with E-state index in [1.165, 1.54) is 0 Å². The molecule has 1 unspecified atom stereocenters. The van der Waals surface area contributed by atoms with Crippen molar-refractivity contribution in [3.05, 3.63) is 12.1 Å². The molecule has 2 rings (SSSR count). The quantitative estimate of drug-likeness (QED) is 0.827. The van der Waals surface area contributed by atoms with Crippen molar-refractivity contribution in [2.24, 2.45) is 0 Å². The number of ether oxygens (including phenoxy) is 1. The van der Waals surface area contributed by atoms with Crippen LogP contribution in [-0.4, -0.2) is 54.3 Å². The Morgan fingerprint density at radius 1 is 1.43 bits per heavy atom. The first-order valence-electron chi connectivity index (χ1n) is 7.55. The fraction of sp³-hybridized carbons (Fsp3) is 0.667. The number of anilines is 1. The van der Waals surface area contributed by atoms with Gasteiger partial charge in [0.1, 0.15) is 6.10 Å². The predicted molar refractivity (Wildman–Crippen MR) is 81.5 cm³/mol. The van der Waals surface area contributed by atoms with Crippen molar-refractivity contribution < 1.29 is 9.53 Å². The molecule has 1 saturated heterocycles. The lowest BCUT2D eigenvalue weighted by atomic mass is 10.1. The predicted octanol–water partition coefficient (Wildman–Crippen LogP) is 1.71. The highest BCUT2D eigenvalue weighted by Gasteiger charge is 2.24. The molecule has 6 heteroatoms. The van der Waals surface area contributed by atoms with E-state index in [-0.39, 0.29) is 12.0 Å². The van der Waals surface area contributed by atoms with Gasteiger partial charge in [-0.1, -0.05) is 6.92 Å². The molecule has 1 amide bonds. The van der Waals surface area contributed by atoms with Gasteiger partial charge in [0, 0.05) is 33.1 Å². The van der Waals surface area contributed by atoms with Gasteiger partial charge in [0.2, 0.25) is 11.8 Å². The first kappa shape index (κ1) is 15.5. The SMILES string of the molecule is CCCC(=O)N1CCCC(Oc2ccc(N(C)C)nn2)C1. The second-order valence-corrected chi connectivity index (χ2v) is 5.60. The zero-order valence-electron chi connectivity index (χ0n) is 13.1. The van der Waals surface area contributed by atoms with Gasteiger partial charge in [-0.2, -0.15) is 0 Å². The molecule has 0 spiro atoms. The molecule has 1 atom stereocenters. The van der Waals surface area contributed by atoms with E-state index in [4.69, 9.17) is 4.74 Å². The van der Waals surface area contributed by atoms with Crippen molar-refractivity contribution in [1.29, 1.82) is 0 Å². The van der Waals surface area contributed by atoms with Crippen molar-refractivity contribution in [2.75, 3.05) is 32.1 Å². The lowest BCUT2D eigenvalue weighted by Crippen LogP contribution is -2.44. The summed E-state index contributed by atoms with van der Waals surface area (Å²) in [5.74, 6) is 1.54. The third kappa shape index (κ3) is 4.31. The number of piperidine rings is 1. The average Bonchev–Trinajstić information content (AvgIpc) is 2.48. The first-order valence-corrected chi connectivity index (χ1v) is 7.55. The van der Waals surface area contributed by atoms with Crippen molar-refractivity contribution >= 4 is 11.7 Å². The third-order valence-corrected chi connectivity index (χ3v) is 3.57. The molecule has 0 saturated carbocycles. The van der Waals surface area contributed by atoms with E-state index < -0.39 is 0 Å². The maximum Gasteiger partial charge on any atom is 0.233 e. The molecule has 6 nitrogen and oxygen atoms in total. The van der Waals surface area contributed by atoms with E-state index in [0.717, 1.165) is 31.6 Å². The van der Waals surface area contributed by atoms with E-state index in [0.29, 0.717) is 18.8 Å². The second-order valence-electron chi connectivity index (χ2n) is 5.60. The van der Waals surface area contributed by atoms with Crippen LogP contribution in [-0.2, 0) is 4.79 Å². The van der Waals surface area contributed by atoms with Crippen molar-refractivity contribution in [2.45, 2.75) is 38.7 Å². The standard InChI is InChI=1S/C15H24N4O2/c1-4-6-15(20)19-10-5-7-12(11-19)21-14-9-8-13(16-17-14)18(2)3/h8-9,12H,4-7,10-11H2,1-3H3. The molecule has 1 aliphatic rings. The summed E-state index contributed by atoms with van der Waals surface area (Å²) in [7, 11) is 3.84. The monoisotopic (exact) mass is 292 g/mol. The largest absolute Gasteiger partial charge is 0.471 e. The number of carbonyl (C=O) groups excluding carboxylic acids is 1. The molecule has 0 N–H and O–H groups in total. The highest BCUT2D eigenvalue weighted by Crippen LogP contribution is 2.18. The summed E-state index contributed by atoms with van der Waals surface area (Å²) in [6, 6.07) is 3.71. The summed E-state index contributed by atoms with van der Waals surface area (Å²) in [5, 5.41) is 8.18. The first-order chi connectivity index (χ1) is 10.1. The van der Waals surface area contributed by atoms with Crippen LogP contribution < -0.4 is 9.64 Å². The zero-order valence-corrected chi connectivity index (χ0v) is 13.1. The summed E-state index contributed by atoms with van der Waals surface area (Å²) in [4.78, 5) is 15.7. The normalized spacial score (nSPS) is 18.4. The number of nitrogens with zero attached hydrogens (tertiary/aromatic N) is 4. The Labute approximate surface area is 126 Å². The lowest BCUT2D eigenvalue weighted by Gasteiger charge is -2.32. The van der Waals surface area contributed by atoms with Gasteiger partial charge in [0.15, 0.2) is 5.82 Å². The molecule has 1 fully saturated rings. The van der Waals surface area contributed by atoms with E-state index in [1.807, 2.05) is 43.0 Å². The van der Waals surface area contributed by atoms with Gasteiger partial charge in [-0.05, 0) is 25.3 Å². The average molecular weight is 292 g/mol. The van der Waals surface area contributed by atoms with Gasteiger partial charge in [-0.15, -0.1) is 10.2 Å². The van der Waals surface area contributed by atoms with Crippen LogP contribution in [0.2, 0.25) is 0 Å². The minimum absolute atomic E-state index is 0.0130.